The molecule has 32 aliphatic rings. The van der Waals surface area contributed by atoms with Crippen molar-refractivity contribution >= 4 is 77.4 Å². The van der Waals surface area contributed by atoms with Gasteiger partial charge < -0.3 is 27.3 Å². The number of rotatable bonds is 30. The molecule has 564 valence electrons. The van der Waals surface area contributed by atoms with E-state index in [2.05, 4.69) is 0 Å². The molecular weight excluding hydrogens is 1700 g/mol. The van der Waals surface area contributed by atoms with E-state index in [9.17, 15) is 77.8 Å². The molecule has 0 radical (unpaired) electrons. The van der Waals surface area contributed by atoms with Crippen molar-refractivity contribution < 1.29 is 255 Å². The van der Waals surface area contributed by atoms with Crippen LogP contribution in [0.4, 0.5) is 0 Å². The van der Waals surface area contributed by atoms with Gasteiger partial charge in [0.05, 0.1) is 66.1 Å². The third kappa shape index (κ3) is 5.31. The van der Waals surface area contributed by atoms with E-state index in [0.717, 1.165) is 0 Å². The summed E-state index contributed by atoms with van der Waals surface area (Å²) in [5.74, 6) is -3.60. The van der Waals surface area contributed by atoms with E-state index in [1.165, 1.54) is 267 Å². The summed E-state index contributed by atoms with van der Waals surface area (Å²) in [5.41, 5.74) is 58.8. The molecule has 0 aliphatic heterocycles. The monoisotopic (exact) mass is 1750 g/mol. The Morgan fingerprint density at radius 1 is 0.183 bits per heavy atom. The van der Waals surface area contributed by atoms with Gasteiger partial charge in [0.15, 0.2) is 0 Å². The summed E-state index contributed by atoms with van der Waals surface area (Å²) in [6.45, 7) is 0. The second-order valence-corrected chi connectivity index (χ2v) is 50.7. The molecule has 12 spiro atoms. The van der Waals surface area contributed by atoms with Gasteiger partial charge in [-0.25, -0.2) is 50.5 Å². The normalized spacial score (nSPS) is 37.9. The molecule has 7 aromatic carbocycles. The van der Waals surface area contributed by atoms with Crippen molar-refractivity contribution in [2.75, 3.05) is 34.5 Å². The van der Waals surface area contributed by atoms with Crippen LogP contribution in [-0.4, -0.2) is 112 Å². The summed E-state index contributed by atoms with van der Waals surface area (Å²) in [6.07, 6.45) is 7.94. The van der Waals surface area contributed by atoms with Crippen LogP contribution in [0.2, 0.25) is 0 Å². The molecule has 30 heteroatoms. The maximum absolute atomic E-state index is 13.2. The largest absolute Gasteiger partial charge is 1.00 e. The van der Waals surface area contributed by atoms with Crippen molar-refractivity contribution in [2.24, 2.45) is 35.5 Å². The standard InChI is InChI=1S/C90H60O18S6.6Na/c91-109(92,93)19-7-1-13-25-79-54-34-32-31-33-35-72-53-52-69-47-45-59-38-37(56(33)82(59)27(88(69,72)82)15-3-9-21-111(97,98)99)55(32)81-26(14-2-8-20-110(94,95)96)84(81)60(38)41-42-62(84)40-39(57(34)81)58-36(54)50-71-51-49-67-44-43(61(40)83(58)28(87(67,71)83)16-4-10-22-112(100,101)102)63(42)85-29(17-5-11-23-113(103,104)105)86(85,64(41)45)66(47)48-46(65(44)85)68(49)89(70(48)52)30(18-6-12-24-114(106,107)108)90(89)76(51)77(75(50)79)80(25,78(53)90)74(35)73(31)79;;;;;;/h25-30H,1-24H2,(H,91,92,93)(H,94,95,96)(H,97,98,99)(H,100,101,102)(H,103,104,105)(H,106,107,108);;;;;;/q;6*+1/p-6. The molecule has 5 saturated carbocycles. The Balaban J connectivity index is 0.00000117. The molecule has 0 aromatic heterocycles. The van der Waals surface area contributed by atoms with E-state index in [1.807, 2.05) is 0 Å². The minimum Gasteiger partial charge on any atom is -0.748 e. The van der Waals surface area contributed by atoms with Crippen molar-refractivity contribution in [3.8, 4) is 100 Å². The van der Waals surface area contributed by atoms with Crippen molar-refractivity contribution in [1.29, 1.82) is 0 Å². The number of benzene rings is 7. The van der Waals surface area contributed by atoms with Gasteiger partial charge in [-0.1, -0.05) is 38.5 Å². The predicted octanol–water partition coefficient (Wildman–Crippen LogP) is -7.74. The second-order valence-electron chi connectivity index (χ2n) is 41.6. The molecule has 18 nitrogen and oxygen atoms in total. The van der Waals surface area contributed by atoms with Gasteiger partial charge in [0.1, 0.15) is 0 Å². The van der Waals surface area contributed by atoms with Crippen LogP contribution in [-0.2, 0) is 126 Å². The summed E-state index contributed by atoms with van der Waals surface area (Å²) in [5, 5.41) is 0. The molecule has 0 N–H and O–H groups in total. The van der Waals surface area contributed by atoms with Gasteiger partial charge in [0.2, 0.25) is 0 Å². The summed E-state index contributed by atoms with van der Waals surface area (Å²) in [7, 11) is -27.7. The molecule has 32 aliphatic carbocycles. The average molecular weight is 1750 g/mol. The van der Waals surface area contributed by atoms with Gasteiger partial charge in [-0.05, 0) is 380 Å². The Hall–Kier alpha value is -0.780. The van der Waals surface area contributed by atoms with Gasteiger partial charge in [-0.3, -0.25) is 0 Å². The molecule has 39 rings (SSSR count). The number of unbranched alkanes of at least 4 members (excludes halogenated alkanes) is 6. The molecule has 7 aromatic rings. The molecule has 5 fully saturated rings. The predicted molar refractivity (Wildman–Crippen MR) is 400 cm³/mol. The minimum absolute atomic E-state index is 0. The first-order valence-corrected chi connectivity index (χ1v) is 51.6. The quantitative estimate of drug-likeness (QED) is 0.0229. The third-order valence-corrected chi connectivity index (χ3v) is 45.5. The van der Waals surface area contributed by atoms with Gasteiger partial charge in [0.25, 0.3) is 0 Å². The maximum Gasteiger partial charge on any atom is 1.00 e. The zero-order chi connectivity index (χ0) is 75.1. The Kier molecular flexibility index (Phi) is 11.8. The van der Waals surface area contributed by atoms with E-state index in [1.54, 1.807) is 0 Å². The van der Waals surface area contributed by atoms with E-state index in [4.69, 9.17) is 0 Å². The van der Waals surface area contributed by atoms with Crippen LogP contribution in [0.15, 0.2) is 16.7 Å². The topological polar surface area (TPSA) is 343 Å². The van der Waals surface area contributed by atoms with Crippen LogP contribution in [0, 0.1) is 35.5 Å². The first-order valence-electron chi connectivity index (χ1n) is 42.1. The first-order chi connectivity index (χ1) is 54.5. The summed E-state index contributed by atoms with van der Waals surface area (Å²) >= 11 is 0. The molecule has 18 unspecified atom stereocenters. The fourth-order valence-corrected chi connectivity index (χ4v) is 45.1. The first kappa shape index (κ1) is 74.8. The van der Waals surface area contributed by atoms with Crippen LogP contribution >= 0.6 is 0 Å². The number of hydrogen-bond acceptors (Lipinski definition) is 18. The molecule has 0 heterocycles. The summed E-state index contributed by atoms with van der Waals surface area (Å²) in [4.78, 5) is 0. The average Bonchev–Trinajstić information content (AvgIpc) is 1.32. The maximum atomic E-state index is 13.2. The Morgan fingerprint density at radius 2 is 0.417 bits per heavy atom. The van der Waals surface area contributed by atoms with Crippen LogP contribution in [0.3, 0.4) is 0 Å². The van der Waals surface area contributed by atoms with Crippen molar-refractivity contribution in [1.82, 2.24) is 0 Å². The van der Waals surface area contributed by atoms with E-state index in [0.29, 0.717) is 77.0 Å². The molecule has 0 saturated heterocycles. The zero-order valence-electron chi connectivity index (χ0n) is 66.2. The summed E-state index contributed by atoms with van der Waals surface area (Å²) < 4.78 is 235. The van der Waals surface area contributed by atoms with Crippen LogP contribution in [0.5, 0.6) is 0 Å². The zero-order valence-corrected chi connectivity index (χ0v) is 83.1. The van der Waals surface area contributed by atoms with Gasteiger partial charge >= 0.3 is 177 Å². The SMILES string of the molecule is O=S(=O)([O-])CCCCC1C23C4=C5c6c7c8c9c%10c6-c6c%11c%12c%13c%14c6C%106C(CCCCS(=O)(=O)[O-])C6%10c6c-9c9c%15c%16c6-c6c%10c-%14c%10c%14c6C6%17c%18c%19c%20c%21c(c%18-%14)C%14(c%18c-%12c(c2c(c%18-%21)C2%12C3=C3C(=C47)C4(c7c3c(c-%19c(c7-%15)C%166C%17CCCCS(=O)(=O)[O-])C%202C%12CCCCS(=O)(=O)[O-])C(CCCCS(=O)(=O)[O-])C894)C5%111)C(CCCCS(=O)(=O)[O-])C%13%10%14.[Na+].[Na+].[Na+].[Na+].[Na+].[Na+]. The molecular formula is C90H54Na6O18S6. The smallest absolute Gasteiger partial charge is 0.748 e. The number of allylic oxidation sites excluding steroid dienone is 6. The number of hydrogen-bond donors (Lipinski definition) is 0. The molecule has 120 heavy (non-hydrogen) atoms. The van der Waals surface area contributed by atoms with E-state index in [-0.39, 0.29) is 251 Å². The minimum atomic E-state index is -4.65. The Bertz CT molecular complexity index is 8200. The van der Waals surface area contributed by atoms with Crippen LogP contribution < -0.4 is 177 Å². The van der Waals surface area contributed by atoms with Gasteiger partial charge in [-0.2, -0.15) is 0 Å². The molecule has 2 bridgehead atoms. The molecule has 18 atom stereocenters. The van der Waals surface area contributed by atoms with E-state index < -0.39 is 160 Å². The second kappa shape index (κ2) is 18.9. The molecule has 0 amide bonds. The van der Waals surface area contributed by atoms with Gasteiger partial charge in [-0.15, -0.1) is 0 Å². The van der Waals surface area contributed by atoms with Crippen molar-refractivity contribution in [3.05, 3.63) is 150 Å². The van der Waals surface area contributed by atoms with Crippen LogP contribution in [0.1, 0.15) is 249 Å². The third-order valence-electron chi connectivity index (χ3n) is 40.8. The van der Waals surface area contributed by atoms with Crippen molar-refractivity contribution in [3.63, 3.8) is 0 Å². The van der Waals surface area contributed by atoms with Gasteiger partial charge in [0, 0.05) is 94.1 Å². The van der Waals surface area contributed by atoms with Crippen molar-refractivity contribution in [2.45, 2.75) is 181 Å². The van der Waals surface area contributed by atoms with Crippen LogP contribution in [0.25, 0.3) is 117 Å². The fraction of sp³-hybridized carbons (Fsp3) is 0.467. The van der Waals surface area contributed by atoms with E-state index >= 15 is 0 Å². The fourth-order valence-electron chi connectivity index (χ4n) is 41.7. The summed E-state index contributed by atoms with van der Waals surface area (Å²) in [6, 6.07) is 0. The Morgan fingerprint density at radius 3 is 0.750 bits per heavy atom. The Labute approximate surface area is 821 Å².